The SMILES string of the molecule is COc1ccc(NC(=O)C(C)NC(=O)c2ccc(Br)s2)cc1NC(=O)OC(C)(C)C. The van der Waals surface area contributed by atoms with Crippen molar-refractivity contribution in [2.75, 3.05) is 17.7 Å². The summed E-state index contributed by atoms with van der Waals surface area (Å²) in [5.41, 5.74) is 0.103. The third kappa shape index (κ3) is 7.03. The van der Waals surface area contributed by atoms with Crippen LogP contribution in [0.25, 0.3) is 0 Å². The Kier molecular flexibility index (Phi) is 7.85. The van der Waals surface area contributed by atoms with E-state index in [9.17, 15) is 14.4 Å². The molecule has 0 aliphatic carbocycles. The third-order valence-corrected chi connectivity index (χ3v) is 5.26. The number of methoxy groups -OCH3 is 1. The number of ether oxygens (including phenoxy) is 2. The maximum absolute atomic E-state index is 12.5. The molecule has 1 atom stereocenters. The first-order valence-electron chi connectivity index (χ1n) is 9.03. The van der Waals surface area contributed by atoms with Gasteiger partial charge in [-0.2, -0.15) is 0 Å². The van der Waals surface area contributed by atoms with Crippen LogP contribution in [0.4, 0.5) is 16.2 Å². The molecule has 0 saturated carbocycles. The van der Waals surface area contributed by atoms with E-state index < -0.39 is 23.6 Å². The maximum atomic E-state index is 12.5. The van der Waals surface area contributed by atoms with Crippen molar-refractivity contribution in [1.82, 2.24) is 5.32 Å². The van der Waals surface area contributed by atoms with Gasteiger partial charge in [-0.15, -0.1) is 11.3 Å². The Labute approximate surface area is 187 Å². The van der Waals surface area contributed by atoms with Gasteiger partial charge in [-0.1, -0.05) is 0 Å². The van der Waals surface area contributed by atoms with Gasteiger partial charge >= 0.3 is 6.09 Å². The number of nitrogens with one attached hydrogen (secondary N) is 3. The van der Waals surface area contributed by atoms with Gasteiger partial charge in [-0.05, 0) is 74.0 Å². The van der Waals surface area contributed by atoms with Crippen molar-refractivity contribution in [3.05, 3.63) is 39.0 Å². The zero-order valence-corrected chi connectivity index (χ0v) is 19.7. The third-order valence-electron chi connectivity index (χ3n) is 3.64. The Morgan fingerprint density at radius 1 is 1.10 bits per heavy atom. The van der Waals surface area contributed by atoms with Crippen molar-refractivity contribution in [1.29, 1.82) is 0 Å². The van der Waals surface area contributed by atoms with Gasteiger partial charge in [0.15, 0.2) is 0 Å². The van der Waals surface area contributed by atoms with Crippen LogP contribution in [0.1, 0.15) is 37.4 Å². The smallest absolute Gasteiger partial charge is 0.412 e. The second-order valence-corrected chi connectivity index (χ2v) is 9.79. The van der Waals surface area contributed by atoms with E-state index in [1.165, 1.54) is 18.4 Å². The molecular formula is C20H24BrN3O5S. The number of amides is 3. The van der Waals surface area contributed by atoms with Gasteiger partial charge in [0.2, 0.25) is 5.91 Å². The highest BCUT2D eigenvalue weighted by molar-refractivity contribution is 9.11. The van der Waals surface area contributed by atoms with Gasteiger partial charge in [0.1, 0.15) is 17.4 Å². The highest BCUT2D eigenvalue weighted by Gasteiger charge is 2.20. The Balaban J connectivity index is 2.05. The Hall–Kier alpha value is -2.59. The second kappa shape index (κ2) is 9.94. The molecule has 2 aromatic rings. The van der Waals surface area contributed by atoms with E-state index in [1.54, 1.807) is 58.0 Å². The zero-order valence-electron chi connectivity index (χ0n) is 17.3. The quantitative estimate of drug-likeness (QED) is 0.539. The van der Waals surface area contributed by atoms with E-state index in [-0.39, 0.29) is 5.91 Å². The molecule has 0 aliphatic heterocycles. The Morgan fingerprint density at radius 3 is 2.37 bits per heavy atom. The van der Waals surface area contributed by atoms with E-state index in [0.29, 0.717) is 22.0 Å². The van der Waals surface area contributed by atoms with Crippen molar-refractivity contribution in [3.8, 4) is 5.75 Å². The lowest BCUT2D eigenvalue weighted by Crippen LogP contribution is -2.41. The lowest BCUT2D eigenvalue weighted by atomic mass is 10.2. The molecule has 3 N–H and O–H groups in total. The van der Waals surface area contributed by atoms with Gasteiger partial charge in [-0.25, -0.2) is 4.79 Å². The highest BCUT2D eigenvalue weighted by Crippen LogP contribution is 2.28. The first-order valence-corrected chi connectivity index (χ1v) is 10.6. The Morgan fingerprint density at radius 2 is 1.80 bits per heavy atom. The largest absolute Gasteiger partial charge is 0.495 e. The van der Waals surface area contributed by atoms with Crippen LogP contribution in [0.3, 0.4) is 0 Å². The summed E-state index contributed by atoms with van der Waals surface area (Å²) in [7, 11) is 1.47. The average molecular weight is 498 g/mol. The molecule has 0 spiro atoms. The summed E-state index contributed by atoms with van der Waals surface area (Å²) in [6.45, 7) is 6.85. The Bertz CT molecular complexity index is 939. The van der Waals surface area contributed by atoms with E-state index in [0.717, 1.165) is 3.79 Å². The number of carbonyl (C=O) groups excluding carboxylic acids is 3. The predicted octanol–water partition coefficient (Wildman–Crippen LogP) is 4.62. The molecule has 1 aromatic heterocycles. The molecule has 0 fully saturated rings. The minimum atomic E-state index is -0.775. The van der Waals surface area contributed by atoms with Crippen LogP contribution in [0, 0.1) is 0 Å². The van der Waals surface area contributed by atoms with Crippen molar-refractivity contribution in [3.63, 3.8) is 0 Å². The van der Waals surface area contributed by atoms with Gasteiger partial charge in [-0.3, -0.25) is 14.9 Å². The van der Waals surface area contributed by atoms with E-state index in [1.807, 2.05) is 0 Å². The fraction of sp³-hybridized carbons (Fsp3) is 0.350. The summed E-state index contributed by atoms with van der Waals surface area (Å²) in [5.74, 6) is -0.341. The number of hydrogen-bond acceptors (Lipinski definition) is 6. The first kappa shape index (κ1) is 23.7. The molecule has 1 unspecified atom stereocenters. The molecule has 0 aliphatic rings. The zero-order chi connectivity index (χ0) is 22.5. The van der Waals surface area contributed by atoms with Crippen molar-refractivity contribution in [2.24, 2.45) is 0 Å². The number of benzene rings is 1. The monoisotopic (exact) mass is 497 g/mol. The molecule has 10 heteroatoms. The molecule has 162 valence electrons. The average Bonchev–Trinajstić information content (AvgIpc) is 3.06. The summed E-state index contributed by atoms with van der Waals surface area (Å²) in [5, 5.41) is 7.97. The summed E-state index contributed by atoms with van der Waals surface area (Å²) >= 11 is 4.58. The molecule has 0 bridgehead atoms. The van der Waals surface area contributed by atoms with E-state index in [4.69, 9.17) is 9.47 Å². The van der Waals surface area contributed by atoms with Crippen LogP contribution in [0.2, 0.25) is 0 Å². The van der Waals surface area contributed by atoms with Crippen molar-refractivity contribution < 1.29 is 23.9 Å². The second-order valence-electron chi connectivity index (χ2n) is 7.33. The van der Waals surface area contributed by atoms with Crippen LogP contribution in [-0.4, -0.2) is 36.7 Å². The topological polar surface area (TPSA) is 106 Å². The van der Waals surface area contributed by atoms with Crippen LogP contribution in [-0.2, 0) is 9.53 Å². The molecule has 30 heavy (non-hydrogen) atoms. The fourth-order valence-corrected chi connectivity index (χ4v) is 3.61. The van der Waals surface area contributed by atoms with Gasteiger partial charge in [0.05, 0.1) is 21.5 Å². The fourth-order valence-electron chi connectivity index (χ4n) is 2.32. The number of hydrogen-bond donors (Lipinski definition) is 3. The normalized spacial score (nSPS) is 11.9. The number of thiophene rings is 1. The number of rotatable bonds is 6. The summed E-state index contributed by atoms with van der Waals surface area (Å²) in [4.78, 5) is 37.3. The van der Waals surface area contributed by atoms with Crippen LogP contribution in [0.5, 0.6) is 5.75 Å². The number of anilines is 2. The lowest BCUT2D eigenvalue weighted by molar-refractivity contribution is -0.117. The van der Waals surface area contributed by atoms with Gasteiger partial charge in [0.25, 0.3) is 5.91 Å². The molecule has 0 radical (unpaired) electrons. The molecule has 1 heterocycles. The summed E-state index contributed by atoms with van der Waals surface area (Å²) in [6, 6.07) is 7.44. The molecule has 8 nitrogen and oxygen atoms in total. The van der Waals surface area contributed by atoms with Gasteiger partial charge in [0, 0.05) is 5.69 Å². The molecule has 3 amide bonds. The number of carbonyl (C=O) groups is 3. The van der Waals surface area contributed by atoms with Gasteiger partial charge < -0.3 is 20.1 Å². The van der Waals surface area contributed by atoms with Crippen LogP contribution < -0.4 is 20.7 Å². The van der Waals surface area contributed by atoms with Crippen LogP contribution >= 0.6 is 27.3 Å². The molecule has 2 rings (SSSR count). The van der Waals surface area contributed by atoms with Crippen molar-refractivity contribution in [2.45, 2.75) is 39.3 Å². The van der Waals surface area contributed by atoms with Crippen molar-refractivity contribution >= 4 is 56.5 Å². The predicted molar refractivity (Wildman–Crippen MR) is 120 cm³/mol. The van der Waals surface area contributed by atoms with Crippen LogP contribution in [0.15, 0.2) is 34.1 Å². The molecule has 1 aromatic carbocycles. The maximum Gasteiger partial charge on any atom is 0.412 e. The highest BCUT2D eigenvalue weighted by atomic mass is 79.9. The number of halogens is 1. The molecule has 0 saturated heterocycles. The first-order chi connectivity index (χ1) is 14.0. The van der Waals surface area contributed by atoms with E-state index in [2.05, 4.69) is 31.9 Å². The standard InChI is InChI=1S/C20H24BrN3O5S/c1-11(22-18(26)15-8-9-16(21)30-15)17(25)23-12-6-7-14(28-5)13(10-12)24-19(27)29-20(2,3)4/h6-11H,1-5H3,(H,22,26)(H,23,25)(H,24,27). The van der Waals surface area contributed by atoms with E-state index >= 15 is 0 Å². The minimum Gasteiger partial charge on any atom is -0.495 e. The molecular weight excluding hydrogens is 474 g/mol. The summed E-state index contributed by atoms with van der Waals surface area (Å²) < 4.78 is 11.3. The minimum absolute atomic E-state index is 0.338. The lowest BCUT2D eigenvalue weighted by Gasteiger charge is -2.20. The summed E-state index contributed by atoms with van der Waals surface area (Å²) in [6.07, 6.45) is -0.646.